The number of esters is 2. The highest BCUT2D eigenvalue weighted by atomic mass is 32.1. The first-order valence-corrected chi connectivity index (χ1v) is 28.5. The van der Waals surface area contributed by atoms with Gasteiger partial charge in [0.15, 0.2) is 0 Å². The maximum Gasteiger partial charge on any atom is 0.508 e. The number of nitrogens with zero attached hydrogens (tertiary/aromatic N) is 1. The Morgan fingerprint density at radius 3 is 1.32 bits per heavy atom. The fraction of sp³-hybridized carbons (Fsp3) is 0.893. The summed E-state index contributed by atoms with van der Waals surface area (Å²) >= 11 is 1.70. The molecule has 0 aromatic carbocycles. The smallest absolute Gasteiger partial charge is 0.466 e. The van der Waals surface area contributed by atoms with Crippen molar-refractivity contribution < 1.29 is 33.3 Å². The summed E-state index contributed by atoms with van der Waals surface area (Å²) in [5, 5.41) is 1.13. The molecular formula is C56H105NO7S. The molecule has 0 aliphatic carbocycles. The van der Waals surface area contributed by atoms with E-state index in [1.165, 1.54) is 103 Å². The molecule has 0 spiro atoms. The summed E-state index contributed by atoms with van der Waals surface area (Å²) in [6.07, 6.45) is 36.5. The normalized spacial score (nSPS) is 11.9. The minimum Gasteiger partial charge on any atom is -0.466 e. The van der Waals surface area contributed by atoms with Crippen LogP contribution in [0.1, 0.15) is 284 Å². The van der Waals surface area contributed by atoms with Crippen molar-refractivity contribution in [2.75, 3.05) is 19.8 Å². The van der Waals surface area contributed by atoms with Gasteiger partial charge in [-0.15, -0.1) is 11.3 Å². The van der Waals surface area contributed by atoms with E-state index in [1.54, 1.807) is 11.3 Å². The van der Waals surface area contributed by atoms with Gasteiger partial charge in [-0.3, -0.25) is 9.59 Å². The molecule has 1 aromatic rings. The molecule has 0 saturated heterocycles. The van der Waals surface area contributed by atoms with E-state index in [4.69, 9.17) is 18.9 Å². The first-order chi connectivity index (χ1) is 31.6. The van der Waals surface area contributed by atoms with Crippen molar-refractivity contribution in [1.29, 1.82) is 0 Å². The van der Waals surface area contributed by atoms with Crippen molar-refractivity contribution in [2.24, 2.45) is 17.8 Å². The average molecular weight is 937 g/mol. The first kappa shape index (κ1) is 62.8. The summed E-state index contributed by atoms with van der Waals surface area (Å²) < 4.78 is 22.8. The van der Waals surface area contributed by atoms with Crippen molar-refractivity contribution in [1.82, 2.24) is 4.98 Å². The van der Waals surface area contributed by atoms with Gasteiger partial charge in [0.25, 0.3) is 0 Å². The molecule has 1 unspecified atom stereocenters. The van der Waals surface area contributed by atoms with Gasteiger partial charge in [-0.2, -0.15) is 0 Å². The Morgan fingerprint density at radius 2 is 0.908 bits per heavy atom. The Kier molecular flexibility index (Phi) is 44.1. The highest BCUT2D eigenvalue weighted by molar-refractivity contribution is 7.11. The average Bonchev–Trinajstić information content (AvgIpc) is 3.77. The molecule has 8 nitrogen and oxygen atoms in total. The summed E-state index contributed by atoms with van der Waals surface area (Å²) in [6.45, 7) is 21.0. The van der Waals surface area contributed by atoms with E-state index in [2.05, 4.69) is 53.5 Å². The van der Waals surface area contributed by atoms with E-state index in [0.717, 1.165) is 99.8 Å². The van der Waals surface area contributed by atoms with Crippen molar-refractivity contribution in [2.45, 2.75) is 286 Å². The fourth-order valence-electron chi connectivity index (χ4n) is 8.37. The summed E-state index contributed by atoms with van der Waals surface area (Å²) in [5.74, 6) is 2.18. The predicted octanol–water partition coefficient (Wildman–Crippen LogP) is 17.9. The molecule has 1 rings (SSSR count). The number of rotatable bonds is 44. The van der Waals surface area contributed by atoms with Gasteiger partial charge < -0.3 is 18.9 Å². The Balaban J connectivity index is 0.0000202. The van der Waals surface area contributed by atoms with Gasteiger partial charge in [0.2, 0.25) is 0 Å². The van der Waals surface area contributed by atoms with Crippen LogP contribution in [-0.4, -0.2) is 49.0 Å². The van der Waals surface area contributed by atoms with Crippen molar-refractivity contribution in [3.63, 3.8) is 0 Å². The molecule has 65 heavy (non-hydrogen) atoms. The van der Waals surface area contributed by atoms with E-state index >= 15 is 0 Å². The van der Waals surface area contributed by atoms with E-state index < -0.39 is 6.16 Å². The molecule has 0 fully saturated rings. The van der Waals surface area contributed by atoms with E-state index in [0.29, 0.717) is 56.1 Å². The van der Waals surface area contributed by atoms with Crippen LogP contribution >= 0.6 is 11.3 Å². The number of thiazole rings is 1. The van der Waals surface area contributed by atoms with Crippen molar-refractivity contribution in [3.05, 3.63) is 16.1 Å². The summed E-state index contributed by atoms with van der Waals surface area (Å²) in [7, 11) is 0. The second kappa shape index (κ2) is 45.6. The molecule has 9 heteroatoms. The lowest BCUT2D eigenvalue weighted by Crippen LogP contribution is -2.20. The molecule has 1 heterocycles. The lowest BCUT2D eigenvalue weighted by molar-refractivity contribution is -0.145. The zero-order valence-corrected chi connectivity index (χ0v) is 44.9. The number of carbonyl (C=O) groups is 3. The lowest BCUT2D eigenvalue weighted by atomic mass is 9.92. The summed E-state index contributed by atoms with van der Waals surface area (Å²) in [4.78, 5) is 43.5. The second-order valence-corrected chi connectivity index (χ2v) is 20.3. The molecule has 1 atom stereocenters. The topological polar surface area (TPSA) is 101 Å². The standard InChI is InChI=1S/C54H99NO7S.C2H6/c1-8-12-22-30-47(31-23-13-9-2)38-41-59-51(56)36-28-20-16-18-26-34-49(62-54(58)61-43-40-50-44-55-53(63-50)46(7)45(5)6)35-27-19-17-21-29-37-52(57)60-42-39-48(32-24-14-10-3)33-25-15-11-4;1-2/h44-49H,8-43H2,1-7H3;1-2H3. The number of aromatic nitrogens is 1. The Morgan fingerprint density at radius 1 is 0.508 bits per heavy atom. The van der Waals surface area contributed by atoms with Gasteiger partial charge in [0.05, 0.1) is 24.8 Å². The zero-order chi connectivity index (χ0) is 48.2. The molecule has 0 aliphatic rings. The molecule has 0 aliphatic heterocycles. The van der Waals surface area contributed by atoms with Crippen molar-refractivity contribution in [3.8, 4) is 0 Å². The molecule has 0 amide bonds. The minimum atomic E-state index is -0.584. The van der Waals surface area contributed by atoms with Gasteiger partial charge in [-0.25, -0.2) is 9.78 Å². The van der Waals surface area contributed by atoms with Crippen LogP contribution in [0.25, 0.3) is 0 Å². The minimum absolute atomic E-state index is 0.0571. The molecule has 0 bridgehead atoms. The van der Waals surface area contributed by atoms with Crippen LogP contribution in [0, 0.1) is 17.8 Å². The Labute approximate surface area is 406 Å². The number of unbranched alkanes of at least 4 members (excludes halogenated alkanes) is 16. The summed E-state index contributed by atoms with van der Waals surface area (Å²) in [6, 6.07) is 0. The van der Waals surface area contributed by atoms with Gasteiger partial charge in [-0.1, -0.05) is 204 Å². The lowest BCUT2D eigenvalue weighted by Gasteiger charge is -2.18. The third kappa shape index (κ3) is 37.5. The number of ether oxygens (including phenoxy) is 4. The van der Waals surface area contributed by atoms with Crippen LogP contribution in [-0.2, 0) is 35.0 Å². The highest BCUT2D eigenvalue weighted by Gasteiger charge is 2.18. The largest absolute Gasteiger partial charge is 0.508 e. The quantitative estimate of drug-likeness (QED) is 0.0362. The van der Waals surface area contributed by atoms with Crippen molar-refractivity contribution >= 4 is 29.4 Å². The highest BCUT2D eigenvalue weighted by Crippen LogP contribution is 2.28. The van der Waals surface area contributed by atoms with Crippen LogP contribution in [0.2, 0.25) is 0 Å². The predicted molar refractivity (Wildman–Crippen MR) is 276 cm³/mol. The van der Waals surface area contributed by atoms with E-state index in [1.807, 2.05) is 20.0 Å². The van der Waals surface area contributed by atoms with Crippen LogP contribution in [0.15, 0.2) is 6.20 Å². The molecule has 0 radical (unpaired) electrons. The van der Waals surface area contributed by atoms with Crippen LogP contribution < -0.4 is 0 Å². The molecular weight excluding hydrogens is 831 g/mol. The first-order valence-electron chi connectivity index (χ1n) is 27.7. The van der Waals surface area contributed by atoms with E-state index in [9.17, 15) is 14.4 Å². The fourth-order valence-corrected chi connectivity index (χ4v) is 9.49. The monoisotopic (exact) mass is 936 g/mol. The molecule has 1 aromatic heterocycles. The van der Waals surface area contributed by atoms with Crippen LogP contribution in [0.5, 0.6) is 0 Å². The summed E-state index contributed by atoms with van der Waals surface area (Å²) in [5.41, 5.74) is 0. The zero-order valence-electron chi connectivity index (χ0n) is 44.1. The Bertz CT molecular complexity index is 1140. The van der Waals surface area contributed by atoms with Gasteiger partial charge in [0, 0.05) is 36.3 Å². The Hall–Kier alpha value is -2.16. The van der Waals surface area contributed by atoms with Gasteiger partial charge >= 0.3 is 18.1 Å². The third-order valence-electron chi connectivity index (χ3n) is 13.0. The maximum atomic E-state index is 12.8. The van der Waals surface area contributed by atoms with Gasteiger partial charge in [0.1, 0.15) is 6.10 Å². The molecule has 0 saturated carbocycles. The third-order valence-corrected chi connectivity index (χ3v) is 14.3. The van der Waals surface area contributed by atoms with E-state index in [-0.39, 0.29) is 24.6 Å². The number of hydrogen-bond donors (Lipinski definition) is 0. The SMILES string of the molecule is CC.CCCCCC(CCCCC)CCOC(=O)CCCCCCCC(CCCCCCCC(=O)OCCC(CCCCC)CCCCC)OC(=O)OCCc1cnc(C(C)C(C)C)s1. The molecule has 382 valence electrons. The van der Waals surface area contributed by atoms with Gasteiger partial charge in [-0.05, 0) is 69.1 Å². The number of hydrogen-bond acceptors (Lipinski definition) is 9. The number of carbonyl (C=O) groups excluding carboxylic acids is 3. The van der Waals surface area contributed by atoms with Crippen LogP contribution in [0.4, 0.5) is 4.79 Å². The van der Waals surface area contributed by atoms with Crippen LogP contribution in [0.3, 0.4) is 0 Å². The second-order valence-electron chi connectivity index (χ2n) is 19.1. The molecule has 0 N–H and O–H groups in total. The maximum absolute atomic E-state index is 12.8.